The minimum Gasteiger partial charge on any atom is -0.331 e. The molecule has 5 heteroatoms. The van der Waals surface area contributed by atoms with Gasteiger partial charge in [-0.2, -0.15) is 0 Å². The molecule has 1 amide bonds. The molecule has 5 nitrogen and oxygen atoms in total. The number of aryl methyl sites for hydroxylation is 1. The minimum absolute atomic E-state index is 0.0366. The molecule has 1 aliphatic heterocycles. The smallest absolute Gasteiger partial charge is 0.250 e. The molecular weight excluding hydrogens is 180 g/mol. The van der Waals surface area contributed by atoms with Crippen LogP contribution in [0, 0.1) is 0 Å². The Hall–Kier alpha value is -1.65. The van der Waals surface area contributed by atoms with E-state index in [1.54, 1.807) is 6.20 Å². The fourth-order valence-electron chi connectivity index (χ4n) is 1.43. The highest BCUT2D eigenvalue weighted by molar-refractivity contribution is 6.12. The first-order valence-electron chi connectivity index (χ1n) is 4.58. The average molecular weight is 192 g/mol. The molecule has 1 aromatic rings. The molecule has 1 unspecified atom stereocenters. The van der Waals surface area contributed by atoms with Crippen molar-refractivity contribution in [1.29, 1.82) is 0 Å². The summed E-state index contributed by atoms with van der Waals surface area (Å²) in [5.74, 6) is 1.24. The topological polar surface area (TPSA) is 59.3 Å². The zero-order valence-electron chi connectivity index (χ0n) is 8.19. The highest BCUT2D eigenvalue weighted by Gasteiger charge is 2.26. The molecule has 74 valence electrons. The maximum absolute atomic E-state index is 11.4. The van der Waals surface area contributed by atoms with Gasteiger partial charge in [0, 0.05) is 19.4 Å². The van der Waals surface area contributed by atoms with Crippen LogP contribution in [0.2, 0.25) is 0 Å². The molecule has 1 N–H and O–H groups in total. The molecule has 2 heterocycles. The fourth-order valence-corrected chi connectivity index (χ4v) is 1.43. The lowest BCUT2D eigenvalue weighted by molar-refractivity contribution is -0.120. The van der Waals surface area contributed by atoms with Crippen LogP contribution in [0.4, 0.5) is 0 Å². The van der Waals surface area contributed by atoms with Crippen LogP contribution in [0.3, 0.4) is 0 Å². The van der Waals surface area contributed by atoms with Crippen LogP contribution >= 0.6 is 0 Å². The van der Waals surface area contributed by atoms with E-state index < -0.39 is 0 Å². The van der Waals surface area contributed by atoms with Gasteiger partial charge < -0.3 is 9.88 Å². The van der Waals surface area contributed by atoms with E-state index in [1.807, 2.05) is 24.7 Å². The van der Waals surface area contributed by atoms with E-state index in [-0.39, 0.29) is 11.9 Å². The average Bonchev–Trinajstić information content (AvgIpc) is 2.71. The number of carbonyl (C=O) groups is 1. The van der Waals surface area contributed by atoms with E-state index in [9.17, 15) is 4.79 Å². The van der Waals surface area contributed by atoms with E-state index in [4.69, 9.17) is 0 Å². The summed E-state index contributed by atoms with van der Waals surface area (Å²) in [6.07, 6.45) is 4.23. The predicted octanol–water partition coefficient (Wildman–Crippen LogP) is 0.0751. The Kier molecular flexibility index (Phi) is 2.07. The van der Waals surface area contributed by atoms with E-state index in [2.05, 4.69) is 15.3 Å². The Morgan fingerprint density at radius 1 is 1.64 bits per heavy atom. The van der Waals surface area contributed by atoms with Crippen molar-refractivity contribution < 1.29 is 4.79 Å². The first-order chi connectivity index (χ1) is 6.72. The summed E-state index contributed by atoms with van der Waals surface area (Å²) in [6.45, 7) is 1.94. The van der Waals surface area contributed by atoms with Crippen LogP contribution in [0.5, 0.6) is 0 Å². The number of imidazole rings is 1. The summed E-state index contributed by atoms with van der Waals surface area (Å²) in [4.78, 5) is 19.7. The van der Waals surface area contributed by atoms with Crippen LogP contribution < -0.4 is 5.32 Å². The lowest BCUT2D eigenvalue weighted by atomic mass is 10.2. The Morgan fingerprint density at radius 2 is 2.43 bits per heavy atom. The number of amides is 1. The standard InChI is InChI=1S/C9H12N4O/c1-3-6-9(14)12-7(11-6)8-10-4-5-13(8)2/h4-6H,3H2,1-2H3,(H,11,12,14). The number of aliphatic imine (C=N–C) groups is 1. The van der Waals surface area contributed by atoms with Gasteiger partial charge in [-0.3, -0.25) is 9.79 Å². The van der Waals surface area contributed by atoms with Gasteiger partial charge in [0.15, 0.2) is 11.7 Å². The molecular formula is C9H12N4O. The van der Waals surface area contributed by atoms with Crippen LogP contribution in [0.15, 0.2) is 17.4 Å². The molecule has 0 saturated carbocycles. The third kappa shape index (κ3) is 1.30. The van der Waals surface area contributed by atoms with E-state index >= 15 is 0 Å². The number of nitrogens with zero attached hydrogens (tertiary/aromatic N) is 3. The maximum atomic E-state index is 11.4. The maximum Gasteiger partial charge on any atom is 0.250 e. The highest BCUT2D eigenvalue weighted by Crippen LogP contribution is 2.08. The van der Waals surface area contributed by atoms with Gasteiger partial charge >= 0.3 is 0 Å². The van der Waals surface area contributed by atoms with Crippen molar-refractivity contribution in [2.75, 3.05) is 0 Å². The molecule has 1 aliphatic rings. The van der Waals surface area contributed by atoms with Gasteiger partial charge in [0.25, 0.3) is 0 Å². The molecule has 0 bridgehead atoms. The molecule has 14 heavy (non-hydrogen) atoms. The lowest BCUT2D eigenvalue weighted by Gasteiger charge is -1.99. The molecule has 0 aliphatic carbocycles. The quantitative estimate of drug-likeness (QED) is 0.721. The van der Waals surface area contributed by atoms with Crippen molar-refractivity contribution in [3.8, 4) is 0 Å². The second-order valence-corrected chi connectivity index (χ2v) is 3.25. The van der Waals surface area contributed by atoms with Crippen molar-refractivity contribution in [2.24, 2.45) is 12.0 Å². The van der Waals surface area contributed by atoms with E-state index in [0.29, 0.717) is 11.7 Å². The Balaban J connectivity index is 2.30. The van der Waals surface area contributed by atoms with Crippen molar-refractivity contribution in [3.63, 3.8) is 0 Å². The Labute approximate surface area is 81.9 Å². The number of nitrogens with one attached hydrogen (secondary N) is 1. The number of carbonyl (C=O) groups excluding carboxylic acids is 1. The second-order valence-electron chi connectivity index (χ2n) is 3.25. The monoisotopic (exact) mass is 192 g/mol. The number of hydrogen-bond acceptors (Lipinski definition) is 3. The Bertz CT molecular complexity index is 393. The van der Waals surface area contributed by atoms with Gasteiger partial charge in [0.2, 0.25) is 5.91 Å². The minimum atomic E-state index is -0.248. The van der Waals surface area contributed by atoms with E-state index in [0.717, 1.165) is 6.42 Å². The van der Waals surface area contributed by atoms with Gasteiger partial charge in [-0.25, -0.2) is 4.98 Å². The third-order valence-electron chi connectivity index (χ3n) is 2.25. The Morgan fingerprint density at radius 3 is 2.93 bits per heavy atom. The van der Waals surface area contributed by atoms with E-state index in [1.165, 1.54) is 0 Å². The normalized spacial score (nSPS) is 20.9. The molecule has 2 rings (SSSR count). The molecule has 0 aromatic carbocycles. The number of hydrogen-bond donors (Lipinski definition) is 1. The summed E-state index contributed by atoms with van der Waals surface area (Å²) in [6, 6.07) is -0.248. The van der Waals surface area contributed by atoms with Crippen LogP contribution in [-0.2, 0) is 11.8 Å². The molecule has 0 radical (unpaired) electrons. The van der Waals surface area contributed by atoms with Gasteiger partial charge in [0.1, 0.15) is 6.04 Å². The molecule has 1 aromatic heterocycles. The van der Waals surface area contributed by atoms with Crippen LogP contribution in [-0.4, -0.2) is 27.3 Å². The van der Waals surface area contributed by atoms with Crippen LogP contribution in [0.25, 0.3) is 0 Å². The largest absolute Gasteiger partial charge is 0.331 e. The number of aromatic nitrogens is 2. The van der Waals surface area contributed by atoms with Gasteiger partial charge in [-0.15, -0.1) is 0 Å². The van der Waals surface area contributed by atoms with Crippen molar-refractivity contribution in [2.45, 2.75) is 19.4 Å². The summed E-state index contributed by atoms with van der Waals surface area (Å²) < 4.78 is 1.83. The summed E-state index contributed by atoms with van der Waals surface area (Å²) in [7, 11) is 1.87. The first kappa shape index (κ1) is 8.93. The number of rotatable bonds is 2. The molecule has 0 saturated heterocycles. The second kappa shape index (κ2) is 3.25. The highest BCUT2D eigenvalue weighted by atomic mass is 16.2. The number of amidine groups is 1. The first-order valence-corrected chi connectivity index (χ1v) is 4.58. The zero-order chi connectivity index (χ0) is 10.1. The van der Waals surface area contributed by atoms with Crippen molar-refractivity contribution in [3.05, 3.63) is 18.2 Å². The summed E-state index contributed by atoms with van der Waals surface area (Å²) >= 11 is 0. The zero-order valence-corrected chi connectivity index (χ0v) is 8.19. The van der Waals surface area contributed by atoms with Crippen LogP contribution in [0.1, 0.15) is 19.2 Å². The van der Waals surface area contributed by atoms with Gasteiger partial charge in [-0.05, 0) is 6.42 Å². The summed E-state index contributed by atoms with van der Waals surface area (Å²) in [5.41, 5.74) is 0. The molecule has 0 spiro atoms. The van der Waals surface area contributed by atoms with Crippen molar-refractivity contribution in [1.82, 2.24) is 14.9 Å². The SMILES string of the molecule is CCC1N=C(c2nccn2C)NC1=O. The predicted molar refractivity (Wildman–Crippen MR) is 52.0 cm³/mol. The third-order valence-corrected chi connectivity index (χ3v) is 2.25. The summed E-state index contributed by atoms with van der Waals surface area (Å²) in [5, 5.41) is 2.73. The molecule has 0 fully saturated rings. The fraction of sp³-hybridized carbons (Fsp3) is 0.444. The van der Waals surface area contributed by atoms with Gasteiger partial charge in [0.05, 0.1) is 0 Å². The lowest BCUT2D eigenvalue weighted by Crippen LogP contribution is -2.30. The molecule has 1 atom stereocenters. The van der Waals surface area contributed by atoms with Gasteiger partial charge in [-0.1, -0.05) is 6.92 Å². The van der Waals surface area contributed by atoms with Crippen molar-refractivity contribution >= 4 is 11.7 Å².